The number of benzene rings is 3. The molecule has 1 heterocycles. The number of ether oxygens (including phenoxy) is 2. The standard InChI is InChI=1S/C29H25IO4/c31-27-26(28(32)34-29(33-27)21-13-17-12-18(15-21)16-22(29)14-17)30-23-10-8-20(9-11-23)25-7-3-5-19-4-1-2-6-24(19)25/h1-11,17-18,21-22H,12-16H2. The van der Waals surface area contributed by atoms with E-state index in [1.54, 1.807) is 0 Å². The molecule has 172 valence electrons. The van der Waals surface area contributed by atoms with Crippen molar-refractivity contribution in [2.75, 3.05) is 0 Å². The van der Waals surface area contributed by atoms with Crippen LogP contribution in [0, 0.1) is 27.2 Å². The van der Waals surface area contributed by atoms with Crippen molar-refractivity contribution in [1.29, 1.82) is 0 Å². The van der Waals surface area contributed by atoms with Gasteiger partial charge in [0.25, 0.3) is 5.79 Å². The lowest BCUT2D eigenvalue weighted by Crippen LogP contribution is -2.65. The van der Waals surface area contributed by atoms with E-state index < -0.39 is 38.5 Å². The van der Waals surface area contributed by atoms with Crippen LogP contribution in [0.4, 0.5) is 0 Å². The molecule has 5 heteroatoms. The van der Waals surface area contributed by atoms with Crippen LogP contribution in [0.25, 0.3) is 21.9 Å². The number of fused-ring (bicyclic) bond motifs is 1. The van der Waals surface area contributed by atoms with Gasteiger partial charge in [-0.2, -0.15) is 0 Å². The van der Waals surface area contributed by atoms with Crippen molar-refractivity contribution >= 4 is 47.0 Å². The zero-order chi connectivity index (χ0) is 22.9. The Morgan fingerprint density at radius 3 is 2.00 bits per heavy atom. The summed E-state index contributed by atoms with van der Waals surface area (Å²) in [6.45, 7) is 0. The van der Waals surface area contributed by atoms with E-state index in [1.165, 1.54) is 22.8 Å². The molecule has 4 saturated carbocycles. The highest BCUT2D eigenvalue weighted by Gasteiger charge is 2.64. The van der Waals surface area contributed by atoms with Gasteiger partial charge in [-0.3, -0.25) is 0 Å². The number of rotatable bonds is 2. The quantitative estimate of drug-likeness (QED) is 0.280. The Morgan fingerprint density at radius 2 is 1.32 bits per heavy atom. The van der Waals surface area contributed by atoms with Gasteiger partial charge < -0.3 is 9.47 Å². The molecule has 4 aliphatic carbocycles. The number of carbonyl (C=O) groups is 2. The third-order valence-corrected chi connectivity index (χ3v) is 11.0. The Bertz CT molecular complexity index is 1300. The number of esters is 2. The predicted molar refractivity (Wildman–Crippen MR) is 139 cm³/mol. The van der Waals surface area contributed by atoms with Crippen molar-refractivity contribution in [3.05, 3.63) is 70.3 Å². The first-order valence-corrected chi connectivity index (χ1v) is 14.3. The minimum Gasteiger partial charge on any atom is -0.418 e. The SMILES string of the molecule is O=C1OC2(OC(=O)C1=Ic1ccc(-c3cccc4ccccc34)cc1)C1CC3CC(C1)CC2C3. The number of carbonyl (C=O) groups excluding carboxylic acids is 2. The number of hydrogen-bond acceptors (Lipinski definition) is 4. The van der Waals surface area contributed by atoms with E-state index in [2.05, 4.69) is 48.5 Å². The lowest BCUT2D eigenvalue weighted by molar-refractivity contribution is -0.308. The third kappa shape index (κ3) is 3.19. The van der Waals surface area contributed by atoms with Gasteiger partial charge in [-0.25, -0.2) is 9.59 Å². The van der Waals surface area contributed by atoms with Gasteiger partial charge in [0.2, 0.25) is 0 Å². The van der Waals surface area contributed by atoms with E-state index in [9.17, 15) is 9.59 Å². The summed E-state index contributed by atoms with van der Waals surface area (Å²) in [5.74, 6) is -0.0863. The normalized spacial score (nSPS) is 31.7. The summed E-state index contributed by atoms with van der Waals surface area (Å²) in [7, 11) is 0. The van der Waals surface area contributed by atoms with Crippen LogP contribution in [0.3, 0.4) is 0 Å². The molecule has 1 aliphatic heterocycles. The van der Waals surface area contributed by atoms with Gasteiger partial charge in [0, 0.05) is 15.4 Å². The van der Waals surface area contributed by atoms with Crippen LogP contribution >= 0.6 is 20.7 Å². The van der Waals surface area contributed by atoms with Gasteiger partial charge in [-0.05, 0) is 78.0 Å². The lowest BCUT2D eigenvalue weighted by atomic mass is 9.53. The van der Waals surface area contributed by atoms with E-state index in [-0.39, 0.29) is 15.3 Å². The van der Waals surface area contributed by atoms with Crippen LogP contribution < -0.4 is 0 Å². The highest BCUT2D eigenvalue weighted by atomic mass is 127. The molecule has 34 heavy (non-hydrogen) atoms. The van der Waals surface area contributed by atoms with Crippen molar-refractivity contribution in [3.63, 3.8) is 0 Å². The zero-order valence-electron chi connectivity index (χ0n) is 18.7. The molecule has 4 bridgehead atoms. The van der Waals surface area contributed by atoms with Crippen LogP contribution in [-0.4, -0.2) is 21.2 Å². The van der Waals surface area contributed by atoms with Crippen LogP contribution in [0.5, 0.6) is 0 Å². The van der Waals surface area contributed by atoms with E-state index in [0.29, 0.717) is 11.8 Å². The first-order valence-electron chi connectivity index (χ1n) is 12.2. The van der Waals surface area contributed by atoms with Crippen molar-refractivity contribution in [3.8, 4) is 11.1 Å². The largest absolute Gasteiger partial charge is 0.418 e. The van der Waals surface area contributed by atoms with E-state index in [1.807, 2.05) is 18.2 Å². The second kappa shape index (κ2) is 7.74. The Morgan fingerprint density at radius 1 is 0.706 bits per heavy atom. The maximum atomic E-state index is 13.1. The Hall–Kier alpha value is -2.54. The molecule has 1 saturated heterocycles. The second-order valence-electron chi connectivity index (χ2n) is 10.2. The molecular weight excluding hydrogens is 539 g/mol. The molecule has 5 aliphatic rings. The molecule has 0 amide bonds. The smallest absolute Gasteiger partial charge is 0.354 e. The summed E-state index contributed by atoms with van der Waals surface area (Å²) >= 11 is -0.980. The monoisotopic (exact) mass is 564 g/mol. The molecule has 8 rings (SSSR count). The Labute approximate surface area is 208 Å². The first kappa shape index (κ1) is 20.8. The highest BCUT2D eigenvalue weighted by Crippen LogP contribution is 2.60. The van der Waals surface area contributed by atoms with Crippen LogP contribution in [-0.2, 0) is 19.1 Å². The van der Waals surface area contributed by atoms with Crippen LogP contribution in [0.15, 0.2) is 66.7 Å². The van der Waals surface area contributed by atoms with Crippen molar-refractivity contribution < 1.29 is 19.1 Å². The minimum absolute atomic E-state index is 0.177. The van der Waals surface area contributed by atoms with Gasteiger partial charge in [0.05, 0.1) is 0 Å². The minimum atomic E-state index is -0.993. The van der Waals surface area contributed by atoms with Gasteiger partial charge in [0.15, 0.2) is 3.51 Å². The van der Waals surface area contributed by atoms with E-state index in [0.717, 1.165) is 34.8 Å². The van der Waals surface area contributed by atoms with E-state index in [4.69, 9.17) is 9.47 Å². The first-order chi connectivity index (χ1) is 16.6. The third-order valence-electron chi connectivity index (χ3n) is 8.29. The maximum Gasteiger partial charge on any atom is 0.354 e. The summed E-state index contributed by atoms with van der Waals surface area (Å²) in [5, 5.41) is 2.42. The Balaban J connectivity index is 1.16. The highest BCUT2D eigenvalue weighted by molar-refractivity contribution is 14.2. The summed E-state index contributed by atoms with van der Waals surface area (Å²) in [5.41, 5.74) is 2.30. The van der Waals surface area contributed by atoms with Crippen LogP contribution in [0.1, 0.15) is 32.1 Å². The molecule has 3 aromatic rings. The summed E-state index contributed by atoms with van der Waals surface area (Å²) in [4.78, 5) is 26.2. The molecule has 3 aromatic carbocycles. The van der Waals surface area contributed by atoms with Crippen LogP contribution in [0.2, 0.25) is 0 Å². The fourth-order valence-corrected chi connectivity index (χ4v) is 9.02. The Kier molecular flexibility index (Phi) is 4.73. The molecular formula is C29H25IO4. The molecule has 5 fully saturated rings. The topological polar surface area (TPSA) is 52.6 Å². The number of hydrogen-bond donors (Lipinski definition) is 0. The fourth-order valence-electron chi connectivity index (χ4n) is 7.01. The average molecular weight is 564 g/mol. The molecule has 0 atom stereocenters. The second-order valence-corrected chi connectivity index (χ2v) is 13.1. The lowest BCUT2D eigenvalue weighted by Gasteiger charge is -2.59. The summed E-state index contributed by atoms with van der Waals surface area (Å²) in [6.07, 6.45) is 5.38. The van der Waals surface area contributed by atoms with E-state index >= 15 is 0 Å². The zero-order valence-corrected chi connectivity index (χ0v) is 20.9. The van der Waals surface area contributed by atoms with Crippen molar-refractivity contribution in [1.82, 2.24) is 0 Å². The molecule has 0 N–H and O–H groups in total. The van der Waals surface area contributed by atoms with Crippen molar-refractivity contribution in [2.45, 2.75) is 37.9 Å². The molecule has 1 spiro atoms. The molecule has 0 unspecified atom stereocenters. The summed E-state index contributed by atoms with van der Waals surface area (Å²) in [6, 6.07) is 22.9. The molecule has 0 radical (unpaired) electrons. The average Bonchev–Trinajstić information content (AvgIpc) is 2.84. The number of halogens is 1. The molecule has 0 aromatic heterocycles. The maximum absolute atomic E-state index is 13.1. The van der Waals surface area contributed by atoms with Gasteiger partial charge in [-0.15, -0.1) is 0 Å². The fraction of sp³-hybridized carbons (Fsp3) is 0.345. The van der Waals surface area contributed by atoms with Gasteiger partial charge >= 0.3 is 11.9 Å². The van der Waals surface area contributed by atoms with Gasteiger partial charge in [-0.1, -0.05) is 75.3 Å². The summed E-state index contributed by atoms with van der Waals surface area (Å²) < 4.78 is 13.3. The molecule has 4 nitrogen and oxygen atoms in total. The van der Waals surface area contributed by atoms with Gasteiger partial charge in [0.1, 0.15) is 0 Å². The predicted octanol–water partition coefficient (Wildman–Crippen LogP) is 6.07. The van der Waals surface area contributed by atoms with Crippen molar-refractivity contribution in [2.24, 2.45) is 23.7 Å².